The van der Waals surface area contributed by atoms with E-state index in [0.29, 0.717) is 17.9 Å². The van der Waals surface area contributed by atoms with Crippen molar-refractivity contribution in [1.82, 2.24) is 14.6 Å². The van der Waals surface area contributed by atoms with Crippen LogP contribution in [0.5, 0.6) is 0 Å². The molecule has 1 aliphatic rings. The first-order chi connectivity index (χ1) is 8.72. The Balaban J connectivity index is 1.77. The average molecular weight is 311 g/mol. The zero-order chi connectivity index (χ0) is 12.5. The van der Waals surface area contributed by atoms with Gasteiger partial charge in [0.25, 0.3) is 0 Å². The second kappa shape index (κ2) is 4.85. The van der Waals surface area contributed by atoms with Crippen LogP contribution in [0.15, 0.2) is 22.8 Å². The second-order valence-corrected chi connectivity index (χ2v) is 5.56. The van der Waals surface area contributed by atoms with Crippen LogP contribution in [-0.4, -0.2) is 33.9 Å². The molecule has 96 valence electrons. The van der Waals surface area contributed by atoms with Gasteiger partial charge in [-0.05, 0) is 41.4 Å². The Morgan fingerprint density at radius 2 is 2.44 bits per heavy atom. The molecule has 5 nitrogen and oxygen atoms in total. The van der Waals surface area contributed by atoms with E-state index >= 15 is 0 Å². The van der Waals surface area contributed by atoms with Crippen LogP contribution in [0.2, 0.25) is 0 Å². The molecule has 18 heavy (non-hydrogen) atoms. The Morgan fingerprint density at radius 3 is 3.22 bits per heavy atom. The van der Waals surface area contributed by atoms with Crippen molar-refractivity contribution in [2.24, 2.45) is 5.92 Å². The fourth-order valence-electron chi connectivity index (χ4n) is 2.19. The van der Waals surface area contributed by atoms with Gasteiger partial charge < -0.3 is 10.1 Å². The standard InChI is InChI=1S/C12H15BrN4O/c1-8(9-4-5-18-7-9)14-12-15-11-3-2-10(13)6-17(11)16-12/h2-3,6,8-9H,4-5,7H2,1H3,(H,14,16). The monoisotopic (exact) mass is 310 g/mol. The molecule has 1 aliphatic heterocycles. The summed E-state index contributed by atoms with van der Waals surface area (Å²) in [6.07, 6.45) is 3.00. The largest absolute Gasteiger partial charge is 0.381 e. The van der Waals surface area contributed by atoms with Gasteiger partial charge in [-0.1, -0.05) is 0 Å². The fourth-order valence-corrected chi connectivity index (χ4v) is 2.51. The Bertz CT molecular complexity index is 550. The smallest absolute Gasteiger partial charge is 0.243 e. The van der Waals surface area contributed by atoms with Crippen molar-refractivity contribution >= 4 is 27.5 Å². The van der Waals surface area contributed by atoms with Gasteiger partial charge in [0, 0.05) is 29.2 Å². The molecule has 2 atom stereocenters. The topological polar surface area (TPSA) is 51.5 Å². The first-order valence-corrected chi connectivity index (χ1v) is 6.88. The molecule has 2 aromatic rings. The number of anilines is 1. The Kier molecular flexibility index (Phi) is 3.22. The summed E-state index contributed by atoms with van der Waals surface area (Å²) in [5.74, 6) is 1.22. The summed E-state index contributed by atoms with van der Waals surface area (Å²) in [5.41, 5.74) is 0.843. The highest BCUT2D eigenvalue weighted by atomic mass is 79.9. The average Bonchev–Trinajstić information content (AvgIpc) is 2.95. The van der Waals surface area contributed by atoms with Gasteiger partial charge in [0.15, 0.2) is 5.65 Å². The van der Waals surface area contributed by atoms with E-state index in [9.17, 15) is 0 Å². The molecule has 2 aromatic heterocycles. The van der Waals surface area contributed by atoms with Gasteiger partial charge in [-0.25, -0.2) is 4.52 Å². The van der Waals surface area contributed by atoms with E-state index in [-0.39, 0.29) is 0 Å². The maximum Gasteiger partial charge on any atom is 0.243 e. The van der Waals surface area contributed by atoms with Crippen molar-refractivity contribution in [3.05, 3.63) is 22.8 Å². The van der Waals surface area contributed by atoms with Crippen molar-refractivity contribution in [2.45, 2.75) is 19.4 Å². The molecule has 3 heterocycles. The molecular formula is C12H15BrN4O. The third-order valence-electron chi connectivity index (χ3n) is 3.32. The van der Waals surface area contributed by atoms with Crippen LogP contribution in [-0.2, 0) is 4.74 Å². The van der Waals surface area contributed by atoms with Gasteiger partial charge in [0.05, 0.1) is 6.61 Å². The molecule has 1 fully saturated rings. The quantitative estimate of drug-likeness (QED) is 0.945. The van der Waals surface area contributed by atoms with Gasteiger partial charge in [-0.3, -0.25) is 0 Å². The number of aromatic nitrogens is 3. The molecule has 6 heteroatoms. The van der Waals surface area contributed by atoms with Crippen LogP contribution in [0, 0.1) is 5.92 Å². The summed E-state index contributed by atoms with van der Waals surface area (Å²) < 4.78 is 8.16. The van der Waals surface area contributed by atoms with Crippen molar-refractivity contribution in [1.29, 1.82) is 0 Å². The maximum absolute atomic E-state index is 5.40. The highest BCUT2D eigenvalue weighted by Crippen LogP contribution is 2.19. The number of nitrogens with zero attached hydrogens (tertiary/aromatic N) is 3. The minimum absolute atomic E-state index is 0.327. The van der Waals surface area contributed by atoms with Crippen LogP contribution < -0.4 is 5.32 Å². The van der Waals surface area contributed by atoms with Crippen LogP contribution in [0.4, 0.5) is 5.95 Å². The molecular weight excluding hydrogens is 296 g/mol. The summed E-state index contributed by atoms with van der Waals surface area (Å²) in [6.45, 7) is 3.84. The third-order valence-corrected chi connectivity index (χ3v) is 3.79. The molecule has 1 N–H and O–H groups in total. The van der Waals surface area contributed by atoms with Gasteiger partial charge in [-0.2, -0.15) is 4.98 Å². The minimum atomic E-state index is 0.327. The van der Waals surface area contributed by atoms with Gasteiger partial charge in [0.2, 0.25) is 5.95 Å². The maximum atomic E-state index is 5.40. The van der Waals surface area contributed by atoms with Gasteiger partial charge >= 0.3 is 0 Å². The zero-order valence-electron chi connectivity index (χ0n) is 10.1. The predicted molar refractivity (Wildman–Crippen MR) is 72.7 cm³/mol. The molecule has 0 aromatic carbocycles. The molecule has 0 saturated carbocycles. The lowest BCUT2D eigenvalue weighted by molar-refractivity contribution is 0.183. The Labute approximate surface area is 114 Å². The van der Waals surface area contributed by atoms with E-state index < -0.39 is 0 Å². The summed E-state index contributed by atoms with van der Waals surface area (Å²) in [4.78, 5) is 4.44. The van der Waals surface area contributed by atoms with Gasteiger partial charge in [0.1, 0.15) is 0 Å². The number of fused-ring (bicyclic) bond motifs is 1. The van der Waals surface area contributed by atoms with E-state index in [1.165, 1.54) is 0 Å². The second-order valence-electron chi connectivity index (χ2n) is 4.64. The van der Waals surface area contributed by atoms with Crippen LogP contribution in [0.25, 0.3) is 5.65 Å². The summed E-state index contributed by atoms with van der Waals surface area (Å²) >= 11 is 3.42. The molecule has 0 amide bonds. The lowest BCUT2D eigenvalue weighted by Gasteiger charge is -2.17. The van der Waals surface area contributed by atoms with E-state index in [0.717, 1.165) is 29.8 Å². The molecule has 0 radical (unpaired) electrons. The fraction of sp³-hybridized carbons (Fsp3) is 0.500. The zero-order valence-corrected chi connectivity index (χ0v) is 11.7. The molecule has 3 rings (SSSR count). The van der Waals surface area contributed by atoms with E-state index in [1.807, 2.05) is 18.3 Å². The molecule has 0 aliphatic carbocycles. The minimum Gasteiger partial charge on any atom is -0.381 e. The number of rotatable bonds is 3. The highest BCUT2D eigenvalue weighted by Gasteiger charge is 2.23. The first-order valence-electron chi connectivity index (χ1n) is 6.08. The lowest BCUT2D eigenvalue weighted by atomic mass is 10.0. The Hall–Kier alpha value is -1.14. The third kappa shape index (κ3) is 2.35. The van der Waals surface area contributed by atoms with Crippen molar-refractivity contribution < 1.29 is 4.74 Å². The molecule has 0 spiro atoms. The van der Waals surface area contributed by atoms with Crippen LogP contribution >= 0.6 is 15.9 Å². The van der Waals surface area contributed by atoms with Crippen molar-refractivity contribution in [2.75, 3.05) is 18.5 Å². The van der Waals surface area contributed by atoms with E-state index in [4.69, 9.17) is 4.74 Å². The van der Waals surface area contributed by atoms with Crippen molar-refractivity contribution in [3.63, 3.8) is 0 Å². The summed E-state index contributed by atoms with van der Waals surface area (Å²) in [5, 5.41) is 7.76. The molecule has 0 bridgehead atoms. The SMILES string of the molecule is CC(Nc1nc2ccc(Br)cn2n1)C1CCOC1. The molecule has 2 unspecified atom stereocenters. The number of hydrogen-bond acceptors (Lipinski definition) is 4. The van der Waals surface area contributed by atoms with Crippen molar-refractivity contribution in [3.8, 4) is 0 Å². The van der Waals surface area contributed by atoms with Gasteiger partial charge in [-0.15, -0.1) is 5.10 Å². The van der Waals surface area contributed by atoms with E-state index in [1.54, 1.807) is 4.52 Å². The van der Waals surface area contributed by atoms with E-state index in [2.05, 4.69) is 38.3 Å². The lowest BCUT2D eigenvalue weighted by Crippen LogP contribution is -2.26. The Morgan fingerprint density at radius 1 is 1.56 bits per heavy atom. The first kappa shape index (κ1) is 11.9. The predicted octanol–water partition coefficient (Wildman–Crippen LogP) is 2.33. The number of nitrogens with one attached hydrogen (secondary N) is 1. The number of hydrogen-bond donors (Lipinski definition) is 1. The van der Waals surface area contributed by atoms with Crippen LogP contribution in [0.3, 0.4) is 0 Å². The summed E-state index contributed by atoms with van der Waals surface area (Å²) in [6, 6.07) is 4.22. The van der Waals surface area contributed by atoms with Crippen LogP contribution in [0.1, 0.15) is 13.3 Å². The highest BCUT2D eigenvalue weighted by molar-refractivity contribution is 9.10. The normalized spacial score (nSPS) is 21.3. The summed E-state index contributed by atoms with van der Waals surface area (Å²) in [7, 11) is 0. The number of pyridine rings is 1. The number of halogens is 1. The molecule has 1 saturated heterocycles. The number of ether oxygens (including phenoxy) is 1.